The summed E-state index contributed by atoms with van der Waals surface area (Å²) in [5.74, 6) is -0.0638. The Morgan fingerprint density at radius 3 is 2.79 bits per heavy atom. The number of amides is 1. The van der Waals surface area contributed by atoms with Crippen molar-refractivity contribution in [2.24, 2.45) is 0 Å². The Balaban J connectivity index is 1.45. The van der Waals surface area contributed by atoms with Crippen LogP contribution in [0.2, 0.25) is 0 Å². The summed E-state index contributed by atoms with van der Waals surface area (Å²) in [5.41, 5.74) is 2.73. The zero-order valence-corrected chi connectivity index (χ0v) is 16.0. The summed E-state index contributed by atoms with van der Waals surface area (Å²) in [5, 5.41) is 0. The van der Waals surface area contributed by atoms with Crippen LogP contribution in [0.25, 0.3) is 0 Å². The number of ether oxygens (including phenoxy) is 1. The fraction of sp³-hybridized carbons (Fsp3) is 0.455. The van der Waals surface area contributed by atoms with Gasteiger partial charge in [-0.15, -0.1) is 0 Å². The molecular weight excluding hydrogens is 357 g/mol. The number of morpholine rings is 1. The van der Waals surface area contributed by atoms with E-state index < -0.39 is 0 Å². The lowest BCUT2D eigenvalue weighted by Crippen LogP contribution is -2.44. The Morgan fingerprint density at radius 1 is 1.14 bits per heavy atom. The first-order valence-corrected chi connectivity index (χ1v) is 9.99. The Morgan fingerprint density at radius 2 is 1.96 bits per heavy atom. The smallest absolute Gasteiger partial charge is 0.237 e. The first-order valence-electron chi connectivity index (χ1n) is 9.99. The first-order chi connectivity index (χ1) is 13.7. The van der Waals surface area contributed by atoms with Gasteiger partial charge in [-0.05, 0) is 42.7 Å². The highest BCUT2D eigenvalue weighted by molar-refractivity contribution is 5.79. The molecule has 0 radical (unpaired) electrons. The van der Waals surface area contributed by atoms with E-state index in [4.69, 9.17) is 9.72 Å². The number of carbonyl (C=O) groups is 1. The zero-order chi connectivity index (χ0) is 19.3. The Kier molecular flexibility index (Phi) is 5.98. The van der Waals surface area contributed by atoms with E-state index in [1.165, 1.54) is 6.07 Å². The molecule has 2 aliphatic heterocycles. The summed E-state index contributed by atoms with van der Waals surface area (Å²) in [7, 11) is 0. The molecule has 3 heterocycles. The summed E-state index contributed by atoms with van der Waals surface area (Å²) >= 11 is 0. The van der Waals surface area contributed by atoms with Gasteiger partial charge in [-0.2, -0.15) is 0 Å². The van der Waals surface area contributed by atoms with E-state index in [1.54, 1.807) is 12.1 Å². The molecule has 5 nitrogen and oxygen atoms in total. The van der Waals surface area contributed by atoms with Crippen LogP contribution < -0.4 is 0 Å². The van der Waals surface area contributed by atoms with Gasteiger partial charge < -0.3 is 9.64 Å². The van der Waals surface area contributed by atoms with Gasteiger partial charge in [-0.25, -0.2) is 4.39 Å². The highest BCUT2D eigenvalue weighted by atomic mass is 19.1. The molecule has 0 aliphatic carbocycles. The third-order valence-electron chi connectivity index (χ3n) is 5.48. The summed E-state index contributed by atoms with van der Waals surface area (Å²) < 4.78 is 18.8. The molecule has 0 N–H and O–H groups in total. The molecule has 0 saturated carbocycles. The van der Waals surface area contributed by atoms with Gasteiger partial charge in [-0.1, -0.05) is 18.2 Å². The number of nitrogens with zero attached hydrogens (tertiary/aromatic N) is 3. The maximum absolute atomic E-state index is 13.5. The lowest BCUT2D eigenvalue weighted by molar-refractivity contribution is -0.134. The van der Waals surface area contributed by atoms with E-state index in [0.717, 1.165) is 49.4 Å². The number of hydrogen-bond donors (Lipinski definition) is 0. The number of halogens is 1. The van der Waals surface area contributed by atoms with Crippen LogP contribution in [0, 0.1) is 5.82 Å². The monoisotopic (exact) mass is 383 g/mol. The fourth-order valence-electron chi connectivity index (χ4n) is 4.05. The van der Waals surface area contributed by atoms with E-state index >= 15 is 0 Å². The average Bonchev–Trinajstić information content (AvgIpc) is 3.19. The molecule has 0 spiro atoms. The topological polar surface area (TPSA) is 45.7 Å². The van der Waals surface area contributed by atoms with Gasteiger partial charge in [0.2, 0.25) is 5.91 Å². The highest BCUT2D eigenvalue weighted by Crippen LogP contribution is 2.31. The van der Waals surface area contributed by atoms with E-state index in [0.29, 0.717) is 26.2 Å². The van der Waals surface area contributed by atoms with Crippen LogP contribution in [0.3, 0.4) is 0 Å². The third kappa shape index (κ3) is 4.56. The van der Waals surface area contributed by atoms with E-state index in [9.17, 15) is 9.18 Å². The second kappa shape index (κ2) is 8.80. The number of carbonyl (C=O) groups excluding carboxylic acids is 1. The molecule has 2 aromatic rings. The summed E-state index contributed by atoms with van der Waals surface area (Å²) in [6.45, 7) is 4.24. The van der Waals surface area contributed by atoms with E-state index in [-0.39, 0.29) is 17.8 Å². The number of hydrogen-bond acceptors (Lipinski definition) is 4. The third-order valence-corrected chi connectivity index (χ3v) is 5.48. The molecule has 0 bridgehead atoms. The minimum atomic E-state index is -0.232. The fourth-order valence-corrected chi connectivity index (χ4v) is 4.05. The molecule has 148 valence electrons. The van der Waals surface area contributed by atoms with E-state index in [2.05, 4.69) is 4.90 Å². The molecule has 2 aliphatic rings. The highest BCUT2D eigenvalue weighted by Gasteiger charge is 2.31. The Hall–Kier alpha value is -2.31. The summed E-state index contributed by atoms with van der Waals surface area (Å²) in [6.07, 6.45) is 2.51. The van der Waals surface area contributed by atoms with Crippen molar-refractivity contribution >= 4 is 5.91 Å². The van der Waals surface area contributed by atoms with Crippen molar-refractivity contribution in [3.05, 3.63) is 65.2 Å². The van der Waals surface area contributed by atoms with Crippen molar-refractivity contribution in [1.82, 2.24) is 14.8 Å². The predicted octanol–water partition coefficient (Wildman–Crippen LogP) is 2.81. The van der Waals surface area contributed by atoms with Crippen LogP contribution in [0.5, 0.6) is 0 Å². The molecule has 0 unspecified atom stereocenters. The molecule has 1 aromatic heterocycles. The quantitative estimate of drug-likeness (QED) is 0.797. The molecule has 1 aromatic carbocycles. The van der Waals surface area contributed by atoms with Crippen LogP contribution >= 0.6 is 0 Å². The van der Waals surface area contributed by atoms with Crippen molar-refractivity contribution in [2.75, 3.05) is 39.4 Å². The first kappa shape index (κ1) is 19.0. The molecular formula is C22H26FN3O2. The maximum Gasteiger partial charge on any atom is 0.237 e. The van der Waals surface area contributed by atoms with Crippen molar-refractivity contribution in [3.8, 4) is 0 Å². The van der Waals surface area contributed by atoms with Gasteiger partial charge in [0.05, 0.1) is 31.5 Å². The number of pyridine rings is 1. The normalized spacial score (nSPS) is 20.5. The predicted molar refractivity (Wildman–Crippen MR) is 104 cm³/mol. The minimum Gasteiger partial charge on any atom is -0.379 e. The second-order valence-electron chi connectivity index (χ2n) is 7.49. The number of rotatable bonds is 5. The van der Waals surface area contributed by atoms with Crippen LogP contribution in [-0.4, -0.2) is 60.1 Å². The van der Waals surface area contributed by atoms with Gasteiger partial charge in [-0.3, -0.25) is 14.7 Å². The molecule has 6 heteroatoms. The largest absolute Gasteiger partial charge is 0.379 e. The number of likely N-dealkylation sites (tertiary alicyclic amines) is 1. The van der Waals surface area contributed by atoms with Gasteiger partial charge in [0.15, 0.2) is 0 Å². The second-order valence-corrected chi connectivity index (χ2v) is 7.49. The van der Waals surface area contributed by atoms with Crippen LogP contribution in [0.4, 0.5) is 4.39 Å². The molecule has 1 amide bonds. The lowest BCUT2D eigenvalue weighted by atomic mass is 10.1. The summed E-state index contributed by atoms with van der Waals surface area (Å²) in [6, 6.07) is 12.6. The SMILES string of the molecule is O=C(CN1CCOCC1)N1CCC[C@@H]1c1cccc(Cc2cccc(F)c2)n1. The van der Waals surface area contributed by atoms with Crippen LogP contribution in [0.1, 0.15) is 35.8 Å². The molecule has 1 atom stereocenters. The Labute approximate surface area is 165 Å². The Bertz CT molecular complexity index is 823. The van der Waals surface area contributed by atoms with Crippen molar-refractivity contribution in [2.45, 2.75) is 25.3 Å². The van der Waals surface area contributed by atoms with Crippen molar-refractivity contribution in [3.63, 3.8) is 0 Å². The van der Waals surface area contributed by atoms with Gasteiger partial charge in [0.25, 0.3) is 0 Å². The van der Waals surface area contributed by atoms with Gasteiger partial charge >= 0.3 is 0 Å². The van der Waals surface area contributed by atoms with Gasteiger partial charge in [0.1, 0.15) is 5.82 Å². The van der Waals surface area contributed by atoms with Crippen molar-refractivity contribution < 1.29 is 13.9 Å². The molecule has 2 saturated heterocycles. The van der Waals surface area contributed by atoms with Gasteiger partial charge in [0, 0.05) is 31.7 Å². The maximum atomic E-state index is 13.5. The van der Waals surface area contributed by atoms with Crippen LogP contribution in [0.15, 0.2) is 42.5 Å². The number of benzene rings is 1. The minimum absolute atomic E-state index is 0.0287. The molecule has 4 rings (SSSR count). The average molecular weight is 383 g/mol. The molecule has 28 heavy (non-hydrogen) atoms. The van der Waals surface area contributed by atoms with Crippen molar-refractivity contribution in [1.29, 1.82) is 0 Å². The standard InChI is InChI=1S/C22H26FN3O2/c23-18-5-1-4-17(14-18)15-19-6-2-7-20(24-19)21-8-3-9-26(21)22(27)16-25-10-12-28-13-11-25/h1-2,4-7,14,21H,3,8-13,15-16H2/t21-/m1/s1. The lowest BCUT2D eigenvalue weighted by Gasteiger charge is -2.30. The molecule has 2 fully saturated rings. The van der Waals surface area contributed by atoms with Crippen LogP contribution in [-0.2, 0) is 16.0 Å². The van der Waals surface area contributed by atoms with E-state index in [1.807, 2.05) is 29.2 Å². The summed E-state index contributed by atoms with van der Waals surface area (Å²) in [4.78, 5) is 21.8. The zero-order valence-electron chi connectivity index (χ0n) is 16.0. The number of aromatic nitrogens is 1.